The van der Waals surface area contributed by atoms with Gasteiger partial charge in [-0.15, -0.1) is 0 Å². The van der Waals surface area contributed by atoms with Gasteiger partial charge in [0, 0.05) is 38.6 Å². The maximum Gasteiger partial charge on any atom is 0.0547 e. The number of rotatable bonds is 5. The van der Waals surface area contributed by atoms with Crippen LogP contribution in [0.2, 0.25) is 0 Å². The van der Waals surface area contributed by atoms with Gasteiger partial charge in [-0.05, 0) is 110 Å². The molecule has 0 radical (unpaired) electrons. The first-order valence-electron chi connectivity index (χ1n) is 19.2. The second-order valence-corrected chi connectivity index (χ2v) is 15.4. The van der Waals surface area contributed by atoms with Gasteiger partial charge in [0.2, 0.25) is 0 Å². The van der Waals surface area contributed by atoms with Gasteiger partial charge in [0.25, 0.3) is 0 Å². The number of fused-ring (bicyclic) bond motifs is 8. The summed E-state index contributed by atoms with van der Waals surface area (Å²) in [6, 6.07) is 71.4. The third-order valence-corrected chi connectivity index (χ3v) is 11.9. The molecule has 0 bridgehead atoms. The number of nitrogens with zero attached hydrogens (tertiary/aromatic N) is 2. The maximum atomic E-state index is 2.46. The van der Waals surface area contributed by atoms with Crippen LogP contribution in [0.25, 0.3) is 71.3 Å². The first-order valence-corrected chi connectivity index (χ1v) is 19.2. The zero-order chi connectivity index (χ0) is 36.7. The Balaban J connectivity index is 1.06. The highest BCUT2D eigenvalue weighted by molar-refractivity contribution is 6.13. The van der Waals surface area contributed by atoms with Crippen LogP contribution in [-0.4, -0.2) is 4.57 Å². The van der Waals surface area contributed by atoms with Gasteiger partial charge in [0.05, 0.1) is 16.7 Å². The number of para-hydroxylation sites is 1. The van der Waals surface area contributed by atoms with Gasteiger partial charge in [-0.25, -0.2) is 0 Å². The monoisotopic (exact) mass is 702 g/mol. The molecule has 0 unspecified atom stereocenters. The summed E-state index contributed by atoms with van der Waals surface area (Å²) >= 11 is 0. The lowest BCUT2D eigenvalue weighted by Crippen LogP contribution is -2.17. The minimum Gasteiger partial charge on any atom is -0.310 e. The fraction of sp³-hybridized carbons (Fsp3) is 0.0566. The Hall–Kier alpha value is -6.90. The van der Waals surface area contributed by atoms with E-state index in [1.807, 2.05) is 0 Å². The fourth-order valence-electron chi connectivity index (χ4n) is 9.19. The van der Waals surface area contributed by atoms with Crippen LogP contribution >= 0.6 is 0 Å². The summed E-state index contributed by atoms with van der Waals surface area (Å²) in [6.07, 6.45) is 0. The minimum absolute atomic E-state index is 0.219. The smallest absolute Gasteiger partial charge is 0.0547 e. The topological polar surface area (TPSA) is 8.17 Å². The van der Waals surface area contributed by atoms with Gasteiger partial charge < -0.3 is 9.47 Å². The van der Waals surface area contributed by atoms with Crippen LogP contribution in [0.5, 0.6) is 0 Å². The van der Waals surface area contributed by atoms with E-state index >= 15 is 0 Å². The lowest BCUT2D eigenvalue weighted by molar-refractivity contribution is 0.660. The van der Waals surface area contributed by atoms with Crippen molar-refractivity contribution in [1.29, 1.82) is 0 Å². The highest BCUT2D eigenvalue weighted by atomic mass is 15.1. The molecule has 0 amide bonds. The van der Waals surface area contributed by atoms with Crippen molar-refractivity contribution < 1.29 is 0 Å². The second kappa shape index (κ2) is 12.1. The van der Waals surface area contributed by atoms with Crippen LogP contribution in [0, 0.1) is 0 Å². The number of hydrogen-bond donors (Lipinski definition) is 0. The summed E-state index contributed by atoms with van der Waals surface area (Å²) in [5.74, 6) is 0. The number of aromatic nitrogens is 1. The van der Waals surface area contributed by atoms with E-state index in [0.717, 1.165) is 11.4 Å². The highest BCUT2D eigenvalue weighted by Gasteiger charge is 2.36. The molecule has 1 aliphatic rings. The van der Waals surface area contributed by atoms with Crippen LogP contribution in [0.15, 0.2) is 194 Å². The largest absolute Gasteiger partial charge is 0.310 e. The Morgan fingerprint density at radius 3 is 1.80 bits per heavy atom. The summed E-state index contributed by atoms with van der Waals surface area (Å²) in [7, 11) is 0. The zero-order valence-corrected chi connectivity index (χ0v) is 30.9. The first-order chi connectivity index (χ1) is 27.0. The lowest BCUT2D eigenvalue weighted by atomic mass is 9.82. The van der Waals surface area contributed by atoms with Gasteiger partial charge in [0.1, 0.15) is 0 Å². The molecule has 2 nitrogen and oxygen atoms in total. The molecular formula is C53H38N2. The molecule has 11 rings (SSSR count). The van der Waals surface area contributed by atoms with Crippen molar-refractivity contribution in [3.05, 3.63) is 205 Å². The Labute approximate surface area is 321 Å². The van der Waals surface area contributed by atoms with Crippen molar-refractivity contribution in [2.45, 2.75) is 19.3 Å². The van der Waals surface area contributed by atoms with E-state index in [0.29, 0.717) is 0 Å². The Morgan fingerprint density at radius 1 is 0.400 bits per heavy atom. The van der Waals surface area contributed by atoms with Crippen molar-refractivity contribution in [3.8, 4) is 27.9 Å². The van der Waals surface area contributed by atoms with Crippen LogP contribution in [0.1, 0.15) is 25.0 Å². The molecule has 55 heavy (non-hydrogen) atoms. The molecule has 0 saturated carbocycles. The van der Waals surface area contributed by atoms with E-state index in [1.165, 1.54) is 88.1 Å². The lowest BCUT2D eigenvalue weighted by Gasteiger charge is -2.29. The number of benzene rings is 9. The van der Waals surface area contributed by atoms with E-state index in [2.05, 4.69) is 217 Å². The zero-order valence-electron chi connectivity index (χ0n) is 30.9. The van der Waals surface area contributed by atoms with E-state index < -0.39 is 0 Å². The van der Waals surface area contributed by atoms with Crippen LogP contribution in [0.4, 0.5) is 17.1 Å². The molecule has 260 valence electrons. The second-order valence-electron chi connectivity index (χ2n) is 15.4. The number of anilines is 3. The third kappa shape index (κ3) is 4.88. The van der Waals surface area contributed by atoms with Crippen LogP contribution in [0.3, 0.4) is 0 Å². The SMILES string of the molecule is CC1(C)c2cc(N(c3ccc(-c4ccccc4)cc3)c3cccc4ccccc34)ccc2-c2ccc(-n3c4ccccc4c4cc5ccccc5cc43)cc21. The Morgan fingerprint density at radius 2 is 1.00 bits per heavy atom. The van der Waals surface area contributed by atoms with Crippen molar-refractivity contribution in [2.24, 2.45) is 0 Å². The molecule has 1 aromatic heterocycles. The molecule has 1 aliphatic carbocycles. The average molecular weight is 703 g/mol. The first kappa shape index (κ1) is 31.6. The molecule has 0 aliphatic heterocycles. The summed E-state index contributed by atoms with van der Waals surface area (Å²) in [5, 5.41) is 7.54. The van der Waals surface area contributed by atoms with E-state index in [9.17, 15) is 0 Å². The van der Waals surface area contributed by atoms with Crippen molar-refractivity contribution >= 4 is 60.4 Å². The Bertz CT molecular complexity index is 3110. The van der Waals surface area contributed by atoms with E-state index in [-0.39, 0.29) is 5.41 Å². The van der Waals surface area contributed by atoms with Crippen molar-refractivity contribution in [3.63, 3.8) is 0 Å². The summed E-state index contributed by atoms with van der Waals surface area (Å²) in [6.45, 7) is 4.78. The molecule has 0 saturated heterocycles. The van der Waals surface area contributed by atoms with E-state index in [1.54, 1.807) is 0 Å². The summed E-state index contributed by atoms with van der Waals surface area (Å²) in [5.41, 5.74) is 14.6. The van der Waals surface area contributed by atoms with Crippen molar-refractivity contribution in [1.82, 2.24) is 4.57 Å². The molecular weight excluding hydrogens is 665 g/mol. The normalized spacial score (nSPS) is 13.1. The van der Waals surface area contributed by atoms with Gasteiger partial charge >= 0.3 is 0 Å². The summed E-state index contributed by atoms with van der Waals surface area (Å²) < 4.78 is 2.46. The molecule has 10 aromatic rings. The summed E-state index contributed by atoms with van der Waals surface area (Å²) in [4.78, 5) is 2.43. The fourth-order valence-corrected chi connectivity index (χ4v) is 9.19. The van der Waals surface area contributed by atoms with Crippen LogP contribution < -0.4 is 4.90 Å². The predicted molar refractivity (Wildman–Crippen MR) is 233 cm³/mol. The van der Waals surface area contributed by atoms with Gasteiger partial charge in [-0.1, -0.05) is 147 Å². The molecule has 0 N–H and O–H groups in total. The maximum absolute atomic E-state index is 2.46. The predicted octanol–water partition coefficient (Wildman–Crippen LogP) is 14.5. The minimum atomic E-state index is -0.219. The molecule has 0 fully saturated rings. The molecule has 0 atom stereocenters. The molecule has 1 heterocycles. The highest BCUT2D eigenvalue weighted by Crippen LogP contribution is 2.52. The molecule has 2 heteroatoms. The van der Waals surface area contributed by atoms with Gasteiger partial charge in [-0.2, -0.15) is 0 Å². The average Bonchev–Trinajstić information content (AvgIpc) is 3.67. The van der Waals surface area contributed by atoms with Crippen molar-refractivity contribution in [2.75, 3.05) is 4.90 Å². The van der Waals surface area contributed by atoms with E-state index in [4.69, 9.17) is 0 Å². The Kier molecular flexibility index (Phi) is 6.93. The number of hydrogen-bond acceptors (Lipinski definition) is 1. The molecule has 9 aromatic carbocycles. The standard InChI is InChI=1S/C53H38N2/c1-53(2)48-33-41(54(50-22-12-18-37-15-8-9-19-43(37)50)40-25-23-36(24-26-40)35-13-4-3-5-14-35)27-29-44(48)45-30-28-42(34-49(45)53)55-51-21-11-10-20-46(51)47-31-38-16-6-7-17-39(38)32-52(47)55/h3-34H,1-2H3. The third-order valence-electron chi connectivity index (χ3n) is 11.9. The molecule has 0 spiro atoms. The van der Waals surface area contributed by atoms with Crippen LogP contribution in [-0.2, 0) is 5.41 Å². The van der Waals surface area contributed by atoms with Gasteiger partial charge in [-0.3, -0.25) is 0 Å². The van der Waals surface area contributed by atoms with Gasteiger partial charge in [0.15, 0.2) is 0 Å². The quantitative estimate of drug-likeness (QED) is 0.173.